The number of ether oxygens (including phenoxy) is 1. The van der Waals surface area contributed by atoms with Crippen LogP contribution >= 0.6 is 0 Å². The van der Waals surface area contributed by atoms with Gasteiger partial charge >= 0.3 is 0 Å². The number of nitrogens with one attached hydrogen (secondary N) is 1. The maximum absolute atomic E-state index is 5.45. The number of hydrogen-bond acceptors (Lipinski definition) is 3. The van der Waals surface area contributed by atoms with E-state index in [2.05, 4.69) is 5.43 Å². The first kappa shape index (κ1) is 7.13. The molecule has 1 saturated carbocycles. The lowest BCUT2D eigenvalue weighted by Crippen LogP contribution is -2.38. The van der Waals surface area contributed by atoms with Crippen molar-refractivity contribution in [1.29, 1.82) is 0 Å². The van der Waals surface area contributed by atoms with Gasteiger partial charge in [0.1, 0.15) is 0 Å². The van der Waals surface area contributed by atoms with Crippen LogP contribution in [0.2, 0.25) is 0 Å². The van der Waals surface area contributed by atoms with Gasteiger partial charge in [0.25, 0.3) is 0 Å². The first-order valence-electron chi connectivity index (χ1n) is 4.18. The van der Waals surface area contributed by atoms with Gasteiger partial charge in [0, 0.05) is 12.5 Å². The Bertz CT molecular complexity index is 175. The molecule has 1 atom stereocenters. The van der Waals surface area contributed by atoms with Crippen LogP contribution in [0.5, 0.6) is 0 Å². The first-order valence-corrected chi connectivity index (χ1v) is 4.18. The Morgan fingerprint density at radius 2 is 2.45 bits per heavy atom. The molecular formula is C8H14N2O. The van der Waals surface area contributed by atoms with Crippen LogP contribution in [0.1, 0.15) is 19.3 Å². The van der Waals surface area contributed by atoms with Crippen LogP contribution < -0.4 is 11.3 Å². The summed E-state index contributed by atoms with van der Waals surface area (Å²) in [6.07, 6.45) is 5.53. The molecule has 62 valence electrons. The molecule has 0 bridgehead atoms. The zero-order chi connectivity index (χ0) is 7.68. The van der Waals surface area contributed by atoms with E-state index in [0.717, 1.165) is 18.9 Å². The fourth-order valence-electron chi connectivity index (χ4n) is 1.61. The van der Waals surface area contributed by atoms with Crippen molar-refractivity contribution >= 4 is 0 Å². The molecule has 3 nitrogen and oxygen atoms in total. The number of nitrogens with two attached hydrogens (primary N) is 1. The van der Waals surface area contributed by atoms with E-state index in [4.69, 9.17) is 10.6 Å². The maximum atomic E-state index is 5.45. The lowest BCUT2D eigenvalue weighted by atomic mass is 10.0. The van der Waals surface area contributed by atoms with Crippen molar-refractivity contribution in [3.63, 3.8) is 0 Å². The molecule has 0 amide bonds. The van der Waals surface area contributed by atoms with Crippen LogP contribution in [0.4, 0.5) is 0 Å². The van der Waals surface area contributed by atoms with Crippen molar-refractivity contribution in [3.05, 3.63) is 11.8 Å². The lowest BCUT2D eigenvalue weighted by Gasteiger charge is -2.14. The van der Waals surface area contributed by atoms with E-state index in [1.165, 1.54) is 18.4 Å². The van der Waals surface area contributed by atoms with Gasteiger partial charge < -0.3 is 4.74 Å². The van der Waals surface area contributed by atoms with E-state index < -0.39 is 0 Å². The van der Waals surface area contributed by atoms with Gasteiger partial charge in [-0.05, 0) is 24.3 Å². The number of rotatable bonds is 3. The van der Waals surface area contributed by atoms with Gasteiger partial charge in [-0.1, -0.05) is 0 Å². The minimum absolute atomic E-state index is 0.387. The Kier molecular flexibility index (Phi) is 1.84. The van der Waals surface area contributed by atoms with Crippen molar-refractivity contribution in [2.45, 2.75) is 25.3 Å². The fraction of sp³-hybridized carbons (Fsp3) is 0.750. The summed E-state index contributed by atoms with van der Waals surface area (Å²) in [5, 5.41) is 0. The molecule has 0 spiro atoms. The highest BCUT2D eigenvalue weighted by Crippen LogP contribution is 2.36. The molecule has 0 aromatic carbocycles. The van der Waals surface area contributed by atoms with Gasteiger partial charge in [-0.2, -0.15) is 0 Å². The quantitative estimate of drug-likeness (QED) is 0.460. The first-order chi connectivity index (χ1) is 5.42. The third-order valence-corrected chi connectivity index (χ3v) is 2.42. The molecule has 1 heterocycles. The van der Waals surface area contributed by atoms with Gasteiger partial charge in [0.05, 0.1) is 12.9 Å². The van der Waals surface area contributed by atoms with Crippen LogP contribution in [0.3, 0.4) is 0 Å². The summed E-state index contributed by atoms with van der Waals surface area (Å²) in [6, 6.07) is 0.387. The Morgan fingerprint density at radius 1 is 1.64 bits per heavy atom. The summed E-state index contributed by atoms with van der Waals surface area (Å²) in [4.78, 5) is 0. The second-order valence-electron chi connectivity index (χ2n) is 3.30. The van der Waals surface area contributed by atoms with Gasteiger partial charge in [0.2, 0.25) is 0 Å². The Balaban J connectivity index is 1.98. The summed E-state index contributed by atoms with van der Waals surface area (Å²) in [7, 11) is 0. The molecule has 2 rings (SSSR count). The third-order valence-electron chi connectivity index (χ3n) is 2.42. The van der Waals surface area contributed by atoms with E-state index in [9.17, 15) is 0 Å². The normalized spacial score (nSPS) is 26.1. The van der Waals surface area contributed by atoms with Gasteiger partial charge in [0.15, 0.2) is 0 Å². The molecule has 3 N–H and O–H groups in total. The average molecular weight is 154 g/mol. The second kappa shape index (κ2) is 2.83. The fourth-order valence-corrected chi connectivity index (χ4v) is 1.61. The van der Waals surface area contributed by atoms with Crippen molar-refractivity contribution in [3.8, 4) is 0 Å². The second-order valence-corrected chi connectivity index (χ2v) is 3.30. The van der Waals surface area contributed by atoms with Crippen LogP contribution in [0, 0.1) is 5.92 Å². The predicted molar refractivity (Wildman–Crippen MR) is 42.5 cm³/mol. The molecule has 1 aliphatic heterocycles. The van der Waals surface area contributed by atoms with E-state index in [1.54, 1.807) is 0 Å². The van der Waals surface area contributed by atoms with Crippen LogP contribution in [0.25, 0.3) is 0 Å². The summed E-state index contributed by atoms with van der Waals surface area (Å²) in [5.41, 5.74) is 4.20. The lowest BCUT2D eigenvalue weighted by molar-refractivity contribution is 0.281. The van der Waals surface area contributed by atoms with Gasteiger partial charge in [-0.15, -0.1) is 0 Å². The van der Waals surface area contributed by atoms with Gasteiger partial charge in [-0.3, -0.25) is 11.3 Å². The molecule has 1 unspecified atom stereocenters. The average Bonchev–Trinajstić information content (AvgIpc) is 2.68. The van der Waals surface area contributed by atoms with Crippen LogP contribution in [-0.2, 0) is 4.74 Å². The van der Waals surface area contributed by atoms with E-state index in [0.29, 0.717) is 6.04 Å². The Hall–Kier alpha value is -0.540. The highest BCUT2D eigenvalue weighted by molar-refractivity contribution is 5.15. The van der Waals surface area contributed by atoms with Crippen molar-refractivity contribution in [2.75, 3.05) is 6.61 Å². The number of hydrazine groups is 1. The molecular weight excluding hydrogens is 140 g/mol. The van der Waals surface area contributed by atoms with Gasteiger partial charge in [-0.25, -0.2) is 0 Å². The van der Waals surface area contributed by atoms with Crippen molar-refractivity contribution in [1.82, 2.24) is 5.43 Å². The Labute approximate surface area is 66.6 Å². The maximum Gasteiger partial charge on any atom is 0.0912 e. The van der Waals surface area contributed by atoms with Crippen molar-refractivity contribution in [2.24, 2.45) is 11.8 Å². The monoisotopic (exact) mass is 154 g/mol. The molecule has 1 aliphatic carbocycles. The molecule has 0 radical (unpaired) electrons. The Morgan fingerprint density at radius 3 is 2.91 bits per heavy atom. The van der Waals surface area contributed by atoms with E-state index in [1.807, 2.05) is 6.26 Å². The summed E-state index contributed by atoms with van der Waals surface area (Å²) < 4.78 is 5.16. The largest absolute Gasteiger partial charge is 0.501 e. The minimum Gasteiger partial charge on any atom is -0.501 e. The standard InChI is InChI=1S/C8H14N2O/c9-10-8(6-1-2-6)7-3-4-11-5-7/h5-6,8,10H,1-4,9H2. The van der Waals surface area contributed by atoms with Crippen LogP contribution in [0.15, 0.2) is 11.8 Å². The molecule has 2 aliphatic rings. The zero-order valence-corrected chi connectivity index (χ0v) is 6.55. The minimum atomic E-state index is 0.387. The van der Waals surface area contributed by atoms with E-state index in [-0.39, 0.29) is 0 Å². The highest BCUT2D eigenvalue weighted by Gasteiger charge is 2.33. The SMILES string of the molecule is NNC(C1=COCC1)C1CC1. The van der Waals surface area contributed by atoms with E-state index >= 15 is 0 Å². The smallest absolute Gasteiger partial charge is 0.0912 e. The number of hydrogen-bond donors (Lipinski definition) is 2. The summed E-state index contributed by atoms with van der Waals surface area (Å²) in [6.45, 7) is 0.834. The van der Waals surface area contributed by atoms with Crippen molar-refractivity contribution < 1.29 is 4.74 Å². The molecule has 11 heavy (non-hydrogen) atoms. The predicted octanol–water partition coefficient (Wildman–Crippen LogP) is 0.532. The van der Waals surface area contributed by atoms with Crippen LogP contribution in [-0.4, -0.2) is 12.6 Å². The topological polar surface area (TPSA) is 47.3 Å². The molecule has 0 aromatic rings. The highest BCUT2D eigenvalue weighted by atomic mass is 16.5. The molecule has 0 saturated heterocycles. The summed E-state index contributed by atoms with van der Waals surface area (Å²) in [5.74, 6) is 6.22. The third kappa shape index (κ3) is 1.39. The molecule has 3 heteroatoms. The zero-order valence-electron chi connectivity index (χ0n) is 6.55. The summed E-state index contributed by atoms with van der Waals surface area (Å²) >= 11 is 0. The molecule has 1 fully saturated rings. The molecule has 0 aromatic heterocycles.